The van der Waals surface area contributed by atoms with Gasteiger partial charge >= 0.3 is 37.7 Å². The van der Waals surface area contributed by atoms with Gasteiger partial charge in [-0.05, 0) is 19.1 Å². The number of hydrogen-bond donors (Lipinski definition) is 0. The zero-order valence-electron chi connectivity index (χ0n) is 7.93. The fourth-order valence-electron chi connectivity index (χ4n) is 0.833. The van der Waals surface area contributed by atoms with Gasteiger partial charge in [-0.15, -0.1) is 0 Å². The Hall–Kier alpha value is 0.130. The van der Waals surface area contributed by atoms with Crippen LogP contribution in [0.3, 0.4) is 0 Å². The second-order valence-electron chi connectivity index (χ2n) is 2.99. The molecule has 0 N–H and O–H groups in total. The van der Waals surface area contributed by atoms with Gasteiger partial charge in [0.25, 0.3) is 10.1 Å². The van der Waals surface area contributed by atoms with E-state index in [0.29, 0.717) is 5.57 Å². The van der Waals surface area contributed by atoms with Crippen LogP contribution in [0.25, 0.3) is 0 Å². The van der Waals surface area contributed by atoms with E-state index in [1.807, 2.05) is 0 Å². The first kappa shape index (κ1) is 15.1. The van der Waals surface area contributed by atoms with E-state index < -0.39 is 10.1 Å². The Kier molecular flexibility index (Phi) is 6.71. The molecule has 1 rings (SSSR count). The molecule has 15 heavy (non-hydrogen) atoms. The van der Waals surface area contributed by atoms with Gasteiger partial charge in [-0.2, -0.15) is 8.42 Å². The van der Waals surface area contributed by atoms with Crippen LogP contribution in [0.2, 0.25) is 0 Å². The first-order valence-electron chi connectivity index (χ1n) is 4.11. The van der Waals surface area contributed by atoms with Gasteiger partial charge in [-0.25, -0.2) is 0 Å². The molecular weight excluding hydrogens is 240 g/mol. The van der Waals surface area contributed by atoms with Crippen molar-refractivity contribution in [2.45, 2.75) is 11.8 Å². The summed E-state index contributed by atoms with van der Waals surface area (Å²) in [5.41, 5.74) is 0.671. The molecule has 0 saturated heterocycles. The summed E-state index contributed by atoms with van der Waals surface area (Å²) < 4.78 is 27.7. The standard InChI is InChI=1S/C10H12O3S.Ca.2H/c1-9(2)8-13-14(11,12)10-6-4-3-5-7-10;;;/h3-7H,1,8H2,2H3;;;. The first-order chi connectivity index (χ1) is 6.52. The topological polar surface area (TPSA) is 43.4 Å². The molecule has 0 aliphatic carbocycles. The van der Waals surface area contributed by atoms with Crippen molar-refractivity contribution < 1.29 is 12.6 Å². The molecule has 0 heterocycles. The van der Waals surface area contributed by atoms with Gasteiger partial charge in [-0.3, -0.25) is 4.18 Å². The van der Waals surface area contributed by atoms with Gasteiger partial charge in [-0.1, -0.05) is 30.4 Å². The Morgan fingerprint density at radius 2 is 1.87 bits per heavy atom. The summed E-state index contributed by atoms with van der Waals surface area (Å²) in [7, 11) is -3.62. The summed E-state index contributed by atoms with van der Waals surface area (Å²) in [5, 5.41) is 0. The third-order valence-electron chi connectivity index (χ3n) is 1.49. The monoisotopic (exact) mass is 254 g/mol. The maximum absolute atomic E-state index is 11.5. The van der Waals surface area contributed by atoms with Crippen molar-refractivity contribution in [3.05, 3.63) is 42.5 Å². The van der Waals surface area contributed by atoms with E-state index in [9.17, 15) is 8.42 Å². The van der Waals surface area contributed by atoms with E-state index in [-0.39, 0.29) is 49.2 Å². The Balaban J connectivity index is 0.00000196. The molecule has 0 atom stereocenters. The molecule has 0 radical (unpaired) electrons. The number of hydrogen-bond acceptors (Lipinski definition) is 3. The molecule has 0 aliphatic rings. The van der Waals surface area contributed by atoms with E-state index in [2.05, 4.69) is 6.58 Å². The van der Waals surface area contributed by atoms with Crippen molar-refractivity contribution >= 4 is 47.9 Å². The first-order valence-corrected chi connectivity index (χ1v) is 5.52. The SMILES string of the molecule is C=C(C)COS(=O)(=O)c1ccccc1.[CaH2]. The number of benzene rings is 1. The van der Waals surface area contributed by atoms with Crippen molar-refractivity contribution in [2.75, 3.05) is 6.61 Å². The molecule has 0 bridgehead atoms. The van der Waals surface area contributed by atoms with Crippen LogP contribution >= 0.6 is 0 Å². The Morgan fingerprint density at radius 3 is 2.33 bits per heavy atom. The molecule has 0 aliphatic heterocycles. The summed E-state index contributed by atoms with van der Waals surface area (Å²) in [6.07, 6.45) is 0. The molecule has 1 aromatic rings. The van der Waals surface area contributed by atoms with Crippen molar-refractivity contribution in [2.24, 2.45) is 0 Å². The molecule has 0 spiro atoms. The van der Waals surface area contributed by atoms with Crippen molar-refractivity contribution in [1.82, 2.24) is 0 Å². The van der Waals surface area contributed by atoms with Gasteiger partial charge in [0.2, 0.25) is 0 Å². The van der Waals surface area contributed by atoms with Crippen molar-refractivity contribution in [3.8, 4) is 0 Å². The fourth-order valence-corrected chi connectivity index (χ4v) is 1.82. The molecule has 1 aromatic carbocycles. The quantitative estimate of drug-likeness (QED) is 0.458. The second kappa shape index (κ2) is 6.66. The third-order valence-corrected chi connectivity index (χ3v) is 2.77. The van der Waals surface area contributed by atoms with Crippen molar-refractivity contribution in [1.29, 1.82) is 0 Å². The van der Waals surface area contributed by atoms with Crippen LogP contribution in [0.4, 0.5) is 0 Å². The van der Waals surface area contributed by atoms with Crippen LogP contribution in [-0.2, 0) is 14.3 Å². The van der Waals surface area contributed by atoms with Crippen LogP contribution in [-0.4, -0.2) is 52.8 Å². The van der Waals surface area contributed by atoms with E-state index in [1.165, 1.54) is 12.1 Å². The number of rotatable bonds is 4. The van der Waals surface area contributed by atoms with Crippen LogP contribution in [0.1, 0.15) is 6.92 Å². The van der Waals surface area contributed by atoms with E-state index in [0.717, 1.165) is 0 Å². The molecule has 0 unspecified atom stereocenters. The molecule has 0 saturated carbocycles. The average Bonchev–Trinajstić information content (AvgIpc) is 2.16. The predicted molar refractivity (Wildman–Crippen MR) is 62.9 cm³/mol. The third kappa shape index (κ3) is 5.13. The molecule has 0 aromatic heterocycles. The van der Waals surface area contributed by atoms with Gasteiger partial charge < -0.3 is 0 Å². The van der Waals surface area contributed by atoms with Crippen LogP contribution in [0, 0.1) is 0 Å². The fraction of sp³-hybridized carbons (Fsp3) is 0.200. The van der Waals surface area contributed by atoms with Gasteiger partial charge in [0.05, 0.1) is 11.5 Å². The Labute approximate surface area is 120 Å². The van der Waals surface area contributed by atoms with E-state index in [1.54, 1.807) is 25.1 Å². The van der Waals surface area contributed by atoms with E-state index >= 15 is 0 Å². The van der Waals surface area contributed by atoms with Crippen molar-refractivity contribution in [3.63, 3.8) is 0 Å². The Morgan fingerprint density at radius 1 is 1.33 bits per heavy atom. The maximum atomic E-state index is 11.5. The molecule has 0 amide bonds. The van der Waals surface area contributed by atoms with Crippen LogP contribution in [0.5, 0.6) is 0 Å². The summed E-state index contributed by atoms with van der Waals surface area (Å²) in [5.74, 6) is 0. The van der Waals surface area contributed by atoms with E-state index in [4.69, 9.17) is 4.18 Å². The second-order valence-corrected chi connectivity index (χ2v) is 4.60. The molecule has 80 valence electrons. The summed E-state index contributed by atoms with van der Waals surface area (Å²) in [6.45, 7) is 5.30. The van der Waals surface area contributed by atoms with Gasteiger partial charge in [0.1, 0.15) is 0 Å². The Bertz CT molecular complexity index is 412. The zero-order valence-corrected chi connectivity index (χ0v) is 8.75. The van der Waals surface area contributed by atoms with Gasteiger partial charge in [0, 0.05) is 0 Å². The molecule has 3 nitrogen and oxygen atoms in total. The normalized spacial score (nSPS) is 10.5. The molecule has 5 heteroatoms. The average molecular weight is 254 g/mol. The minimum absolute atomic E-state index is 0. The predicted octanol–water partition coefficient (Wildman–Crippen LogP) is 1.05. The van der Waals surface area contributed by atoms with Crippen LogP contribution in [0.15, 0.2) is 47.4 Å². The van der Waals surface area contributed by atoms with Crippen LogP contribution < -0.4 is 0 Å². The zero-order chi connectivity index (χ0) is 10.6. The molecular formula is C10H14CaO3S. The summed E-state index contributed by atoms with van der Waals surface area (Å²) >= 11 is 0. The molecule has 0 fully saturated rings. The van der Waals surface area contributed by atoms with Gasteiger partial charge in [0.15, 0.2) is 0 Å². The summed E-state index contributed by atoms with van der Waals surface area (Å²) in [4.78, 5) is 0.168. The summed E-state index contributed by atoms with van der Waals surface area (Å²) in [6, 6.07) is 8.04. The minimum atomic E-state index is -3.62.